The molecule has 0 amide bonds. The number of para-hydroxylation sites is 1. The van der Waals surface area contributed by atoms with E-state index >= 15 is 0 Å². The van der Waals surface area contributed by atoms with Gasteiger partial charge in [0.05, 0.1) is 12.5 Å². The molecule has 4 heteroatoms. The van der Waals surface area contributed by atoms with Gasteiger partial charge in [0.2, 0.25) is 5.58 Å². The summed E-state index contributed by atoms with van der Waals surface area (Å²) < 4.78 is 10.6. The van der Waals surface area contributed by atoms with Gasteiger partial charge in [-0.15, -0.1) is 0 Å². The molecule has 0 aliphatic rings. The van der Waals surface area contributed by atoms with Crippen molar-refractivity contribution in [3.8, 4) is 17.0 Å². The topological polar surface area (TPSA) is 48.2 Å². The van der Waals surface area contributed by atoms with E-state index in [2.05, 4.69) is 10.1 Å². The Hall–Kier alpha value is -2.36. The van der Waals surface area contributed by atoms with E-state index < -0.39 is 0 Å². The molecule has 1 aromatic carbocycles. The maximum Gasteiger partial charge on any atom is 0.209 e. The normalized spacial score (nSPS) is 10.6. The Balaban J connectivity index is 2.26. The minimum absolute atomic E-state index is 0.668. The van der Waals surface area contributed by atoms with Gasteiger partial charge in [0, 0.05) is 18.0 Å². The summed E-state index contributed by atoms with van der Waals surface area (Å²) in [4.78, 5) is 3.99. The lowest BCUT2D eigenvalue weighted by Gasteiger charge is -1.98. The molecule has 4 nitrogen and oxygen atoms in total. The second-order valence-electron chi connectivity index (χ2n) is 3.60. The molecule has 17 heavy (non-hydrogen) atoms. The van der Waals surface area contributed by atoms with E-state index in [-0.39, 0.29) is 0 Å². The van der Waals surface area contributed by atoms with E-state index in [9.17, 15) is 0 Å². The number of nitrogens with zero attached hydrogens (tertiary/aromatic N) is 2. The summed E-state index contributed by atoms with van der Waals surface area (Å²) >= 11 is 0. The van der Waals surface area contributed by atoms with Gasteiger partial charge in [0.25, 0.3) is 0 Å². The molecule has 84 valence electrons. The first-order valence-corrected chi connectivity index (χ1v) is 5.23. The molecule has 2 heterocycles. The van der Waals surface area contributed by atoms with Gasteiger partial charge >= 0.3 is 0 Å². The van der Waals surface area contributed by atoms with Gasteiger partial charge in [-0.3, -0.25) is 4.98 Å². The smallest absolute Gasteiger partial charge is 0.209 e. The summed E-state index contributed by atoms with van der Waals surface area (Å²) in [6, 6.07) is 9.53. The van der Waals surface area contributed by atoms with Crippen LogP contribution in [0.15, 0.2) is 47.2 Å². The summed E-state index contributed by atoms with van der Waals surface area (Å²) in [7, 11) is 1.61. The fourth-order valence-corrected chi connectivity index (χ4v) is 1.82. The number of fused-ring (bicyclic) bond motifs is 1. The molecule has 0 spiro atoms. The molecule has 0 N–H and O–H groups in total. The highest BCUT2D eigenvalue weighted by Crippen LogP contribution is 2.32. The average Bonchev–Trinajstić information content (AvgIpc) is 2.83. The molecular formula is C13H10N2O2. The number of methoxy groups -OCH3 is 1. The predicted octanol–water partition coefficient (Wildman–Crippen LogP) is 2.90. The maximum atomic E-state index is 5.33. The monoisotopic (exact) mass is 226 g/mol. The largest absolute Gasteiger partial charge is 0.493 e. The Morgan fingerprint density at radius 1 is 1.12 bits per heavy atom. The van der Waals surface area contributed by atoms with Gasteiger partial charge in [-0.1, -0.05) is 11.2 Å². The van der Waals surface area contributed by atoms with Crippen LogP contribution in [0.1, 0.15) is 0 Å². The number of ether oxygens (including phenoxy) is 1. The lowest BCUT2D eigenvalue weighted by atomic mass is 10.1. The van der Waals surface area contributed by atoms with Crippen LogP contribution >= 0.6 is 0 Å². The van der Waals surface area contributed by atoms with Gasteiger partial charge in [-0.2, -0.15) is 0 Å². The first-order valence-electron chi connectivity index (χ1n) is 5.23. The SMILES string of the molecule is COc1cccc2c(-c3ccncc3)noc12. The van der Waals surface area contributed by atoms with E-state index in [1.807, 2.05) is 30.3 Å². The summed E-state index contributed by atoms with van der Waals surface area (Å²) in [5.41, 5.74) is 2.45. The number of pyridine rings is 1. The van der Waals surface area contributed by atoms with E-state index in [4.69, 9.17) is 9.26 Å². The van der Waals surface area contributed by atoms with E-state index in [1.54, 1.807) is 19.5 Å². The number of aromatic nitrogens is 2. The second kappa shape index (κ2) is 3.90. The molecule has 0 fully saturated rings. The van der Waals surface area contributed by atoms with Crippen LogP contribution in [0.4, 0.5) is 0 Å². The summed E-state index contributed by atoms with van der Waals surface area (Å²) in [5.74, 6) is 0.690. The Bertz CT molecular complexity index is 647. The van der Waals surface area contributed by atoms with Crippen molar-refractivity contribution in [3.63, 3.8) is 0 Å². The molecule has 0 bridgehead atoms. The minimum Gasteiger partial charge on any atom is -0.493 e. The van der Waals surface area contributed by atoms with Crippen LogP contribution in [0.5, 0.6) is 5.75 Å². The minimum atomic E-state index is 0.668. The first-order chi connectivity index (χ1) is 8.40. The fraction of sp³-hybridized carbons (Fsp3) is 0.0769. The molecule has 3 rings (SSSR count). The van der Waals surface area contributed by atoms with Crippen LogP contribution < -0.4 is 4.74 Å². The second-order valence-corrected chi connectivity index (χ2v) is 3.60. The Kier molecular flexibility index (Phi) is 2.26. The number of rotatable bonds is 2. The van der Waals surface area contributed by atoms with Gasteiger partial charge in [-0.05, 0) is 24.3 Å². The quantitative estimate of drug-likeness (QED) is 0.674. The standard InChI is InChI=1S/C13H10N2O2/c1-16-11-4-2-3-10-12(15-17-13(10)11)9-5-7-14-8-6-9/h2-8H,1H3. The molecule has 0 aliphatic carbocycles. The van der Waals surface area contributed by atoms with Crippen LogP contribution in [0.3, 0.4) is 0 Å². The highest BCUT2D eigenvalue weighted by molar-refractivity contribution is 5.94. The van der Waals surface area contributed by atoms with Crippen LogP contribution in [0.2, 0.25) is 0 Å². The van der Waals surface area contributed by atoms with Crippen LogP contribution in [0, 0.1) is 0 Å². The van der Waals surface area contributed by atoms with E-state index in [0.29, 0.717) is 11.3 Å². The predicted molar refractivity (Wildman–Crippen MR) is 63.8 cm³/mol. The van der Waals surface area contributed by atoms with E-state index in [1.165, 1.54) is 0 Å². The lowest BCUT2D eigenvalue weighted by Crippen LogP contribution is -1.82. The van der Waals surface area contributed by atoms with Gasteiger partial charge in [-0.25, -0.2) is 0 Å². The highest BCUT2D eigenvalue weighted by Gasteiger charge is 2.13. The van der Waals surface area contributed by atoms with Crippen molar-refractivity contribution in [3.05, 3.63) is 42.7 Å². The van der Waals surface area contributed by atoms with Gasteiger partial charge in [0.15, 0.2) is 5.75 Å². The number of benzene rings is 1. The van der Waals surface area contributed by atoms with Crippen LogP contribution in [-0.4, -0.2) is 17.3 Å². The molecule has 0 aliphatic heterocycles. The molecule has 0 atom stereocenters. The highest BCUT2D eigenvalue weighted by atomic mass is 16.5. The van der Waals surface area contributed by atoms with Gasteiger partial charge in [0.1, 0.15) is 5.69 Å². The summed E-state index contributed by atoms with van der Waals surface area (Å²) in [6.45, 7) is 0. The van der Waals surface area contributed by atoms with Crippen LogP contribution in [-0.2, 0) is 0 Å². The molecule has 2 aromatic heterocycles. The Labute approximate surface area is 97.8 Å². The lowest BCUT2D eigenvalue weighted by molar-refractivity contribution is 0.393. The Morgan fingerprint density at radius 3 is 2.71 bits per heavy atom. The number of hydrogen-bond donors (Lipinski definition) is 0. The summed E-state index contributed by atoms with van der Waals surface area (Å²) in [5, 5.41) is 5.03. The zero-order chi connectivity index (χ0) is 11.7. The van der Waals surface area contributed by atoms with Crippen molar-refractivity contribution in [2.75, 3.05) is 7.11 Å². The molecule has 0 saturated carbocycles. The zero-order valence-corrected chi connectivity index (χ0v) is 9.25. The molecule has 0 unspecified atom stereocenters. The van der Waals surface area contributed by atoms with Crippen molar-refractivity contribution in [1.82, 2.24) is 10.1 Å². The Morgan fingerprint density at radius 2 is 1.94 bits per heavy atom. The molecule has 0 saturated heterocycles. The third-order valence-corrected chi connectivity index (χ3v) is 2.64. The fourth-order valence-electron chi connectivity index (χ4n) is 1.82. The van der Waals surface area contributed by atoms with Crippen LogP contribution in [0.25, 0.3) is 22.2 Å². The van der Waals surface area contributed by atoms with Crippen molar-refractivity contribution in [1.29, 1.82) is 0 Å². The third kappa shape index (κ3) is 1.54. The first kappa shape index (κ1) is 9.84. The van der Waals surface area contributed by atoms with E-state index in [0.717, 1.165) is 16.6 Å². The van der Waals surface area contributed by atoms with Gasteiger partial charge < -0.3 is 9.26 Å². The third-order valence-electron chi connectivity index (χ3n) is 2.64. The average molecular weight is 226 g/mol. The van der Waals surface area contributed by atoms with Crippen molar-refractivity contribution < 1.29 is 9.26 Å². The van der Waals surface area contributed by atoms with Crippen molar-refractivity contribution in [2.45, 2.75) is 0 Å². The molecule has 3 aromatic rings. The summed E-state index contributed by atoms with van der Waals surface area (Å²) in [6.07, 6.45) is 3.46. The van der Waals surface area contributed by atoms with Crippen molar-refractivity contribution in [2.24, 2.45) is 0 Å². The molecule has 0 radical (unpaired) electrons. The van der Waals surface area contributed by atoms with Crippen molar-refractivity contribution >= 4 is 11.0 Å². The number of hydrogen-bond acceptors (Lipinski definition) is 4. The zero-order valence-electron chi connectivity index (χ0n) is 9.25. The molecular weight excluding hydrogens is 216 g/mol. The maximum absolute atomic E-state index is 5.33.